The van der Waals surface area contributed by atoms with Gasteiger partial charge in [0.15, 0.2) is 0 Å². The van der Waals surface area contributed by atoms with E-state index in [-0.39, 0.29) is 4.90 Å². The van der Waals surface area contributed by atoms with E-state index in [4.69, 9.17) is 16.0 Å². The second-order valence-corrected chi connectivity index (χ2v) is 9.30. The topological polar surface area (TPSA) is 92.0 Å². The Morgan fingerprint density at radius 1 is 1.20 bits per heavy atom. The number of hydrogen-bond acceptors (Lipinski definition) is 5. The fraction of sp³-hybridized carbons (Fsp3) is 0.100. The third kappa shape index (κ3) is 5.29. The highest BCUT2D eigenvalue weighted by Crippen LogP contribution is 2.25. The molecule has 10 heteroatoms. The Kier molecular flexibility index (Phi) is 6.96. The van der Waals surface area contributed by atoms with Gasteiger partial charge in [-0.2, -0.15) is 5.10 Å². The number of rotatable bonds is 7. The molecule has 0 saturated carbocycles. The number of anilines is 1. The Hall–Kier alpha value is -2.62. The Labute approximate surface area is 187 Å². The summed E-state index contributed by atoms with van der Waals surface area (Å²) in [7, 11) is -3.99. The van der Waals surface area contributed by atoms with Gasteiger partial charge in [-0.25, -0.2) is 13.8 Å². The van der Waals surface area contributed by atoms with E-state index in [2.05, 4.69) is 26.5 Å². The minimum atomic E-state index is -3.99. The molecule has 156 valence electrons. The molecule has 3 rings (SSSR count). The maximum Gasteiger partial charge on any atom is 0.264 e. The number of carbonyl (C=O) groups excluding carboxylic acids is 1. The molecule has 1 aromatic heterocycles. The second-order valence-electron chi connectivity index (χ2n) is 6.15. The average Bonchev–Trinajstić information content (AvgIpc) is 3.05. The van der Waals surface area contributed by atoms with Crippen LogP contribution in [0.15, 0.2) is 79.6 Å². The molecular weight excluding hydrogens is 494 g/mol. The molecule has 0 aliphatic rings. The van der Waals surface area contributed by atoms with E-state index < -0.39 is 22.5 Å². The first-order chi connectivity index (χ1) is 14.3. The van der Waals surface area contributed by atoms with Crippen LogP contribution in [-0.4, -0.2) is 27.1 Å². The molecule has 0 radical (unpaired) electrons. The predicted molar refractivity (Wildman–Crippen MR) is 119 cm³/mol. The van der Waals surface area contributed by atoms with Gasteiger partial charge in [0.2, 0.25) is 0 Å². The number of nitrogens with one attached hydrogen (secondary N) is 1. The number of benzene rings is 2. The van der Waals surface area contributed by atoms with Crippen LogP contribution in [0, 0.1) is 6.92 Å². The van der Waals surface area contributed by atoms with Crippen molar-refractivity contribution in [3.63, 3.8) is 0 Å². The van der Waals surface area contributed by atoms with Gasteiger partial charge < -0.3 is 4.42 Å². The van der Waals surface area contributed by atoms with Gasteiger partial charge in [0.1, 0.15) is 18.1 Å². The molecule has 1 N–H and O–H groups in total. The normalized spacial score (nSPS) is 11.6. The summed E-state index contributed by atoms with van der Waals surface area (Å²) >= 11 is 9.23. The van der Waals surface area contributed by atoms with Crippen LogP contribution in [0.5, 0.6) is 0 Å². The number of halogens is 2. The molecule has 1 heterocycles. The van der Waals surface area contributed by atoms with Crippen LogP contribution in [0.1, 0.15) is 11.5 Å². The highest BCUT2D eigenvalue weighted by atomic mass is 79.9. The standard InChI is InChI=1S/C20H17BrClN3O4S/c1-14-19(21)11-17(29-14)12-23-24-20(26)13-25(16-9-7-15(22)8-10-16)30(27,28)18-5-3-2-4-6-18/h2-12H,13H2,1H3,(H,24,26)/b23-12-. The van der Waals surface area contributed by atoms with Crippen molar-refractivity contribution in [3.05, 3.63) is 81.7 Å². The maximum atomic E-state index is 13.1. The van der Waals surface area contributed by atoms with Crippen molar-refractivity contribution >= 4 is 55.4 Å². The highest BCUT2D eigenvalue weighted by Gasteiger charge is 2.27. The number of amides is 1. The van der Waals surface area contributed by atoms with E-state index in [1.54, 1.807) is 43.3 Å². The number of carbonyl (C=O) groups is 1. The van der Waals surface area contributed by atoms with Gasteiger partial charge in [-0.3, -0.25) is 9.10 Å². The van der Waals surface area contributed by atoms with E-state index >= 15 is 0 Å². The number of sulfonamides is 1. The molecule has 0 saturated heterocycles. The number of hydrazone groups is 1. The van der Waals surface area contributed by atoms with Crippen LogP contribution >= 0.6 is 27.5 Å². The molecule has 0 aliphatic carbocycles. The number of hydrogen-bond donors (Lipinski definition) is 1. The first-order valence-corrected chi connectivity index (χ1v) is 11.3. The molecule has 7 nitrogen and oxygen atoms in total. The van der Waals surface area contributed by atoms with Crippen LogP contribution in [0.4, 0.5) is 5.69 Å². The molecule has 3 aromatic rings. The fourth-order valence-electron chi connectivity index (χ4n) is 2.52. The smallest absolute Gasteiger partial charge is 0.264 e. The van der Waals surface area contributed by atoms with Crippen LogP contribution in [-0.2, 0) is 14.8 Å². The molecule has 0 aliphatic heterocycles. The average molecular weight is 511 g/mol. The van der Waals surface area contributed by atoms with E-state index in [0.717, 1.165) is 8.78 Å². The van der Waals surface area contributed by atoms with Gasteiger partial charge in [0.25, 0.3) is 15.9 Å². The second kappa shape index (κ2) is 9.46. The summed E-state index contributed by atoms with van der Waals surface area (Å²) in [5.41, 5.74) is 2.62. The van der Waals surface area contributed by atoms with Gasteiger partial charge in [-0.05, 0) is 59.3 Å². The van der Waals surface area contributed by atoms with E-state index in [9.17, 15) is 13.2 Å². The van der Waals surface area contributed by atoms with Gasteiger partial charge in [-0.15, -0.1) is 0 Å². The summed E-state index contributed by atoms with van der Waals surface area (Å²) in [6.45, 7) is 1.30. The SMILES string of the molecule is Cc1oc(/C=N\NC(=O)CN(c2ccc(Cl)cc2)S(=O)(=O)c2ccccc2)cc1Br. The molecular formula is C20H17BrClN3O4S. The van der Waals surface area contributed by atoms with Crippen molar-refractivity contribution in [2.75, 3.05) is 10.8 Å². The van der Waals surface area contributed by atoms with E-state index in [1.807, 2.05) is 0 Å². The molecule has 0 unspecified atom stereocenters. The molecule has 30 heavy (non-hydrogen) atoms. The Morgan fingerprint density at radius 2 is 1.87 bits per heavy atom. The lowest BCUT2D eigenvalue weighted by Crippen LogP contribution is -2.39. The molecule has 1 amide bonds. The van der Waals surface area contributed by atoms with Crippen LogP contribution in [0.25, 0.3) is 0 Å². The van der Waals surface area contributed by atoms with Crippen molar-refractivity contribution in [2.45, 2.75) is 11.8 Å². The summed E-state index contributed by atoms with van der Waals surface area (Å²) in [5.74, 6) is 0.486. The largest absolute Gasteiger partial charge is 0.459 e. The maximum absolute atomic E-state index is 13.1. The Morgan fingerprint density at radius 3 is 2.47 bits per heavy atom. The summed E-state index contributed by atoms with van der Waals surface area (Å²) < 4.78 is 33.5. The van der Waals surface area contributed by atoms with Crippen LogP contribution in [0.3, 0.4) is 0 Å². The minimum Gasteiger partial charge on any atom is -0.459 e. The quantitative estimate of drug-likeness (QED) is 0.378. The third-order valence-corrected chi connectivity index (χ3v) is 6.82. The Bertz CT molecular complexity index is 1140. The highest BCUT2D eigenvalue weighted by molar-refractivity contribution is 9.10. The van der Waals surface area contributed by atoms with Gasteiger partial charge >= 0.3 is 0 Å². The summed E-state index contributed by atoms with van der Waals surface area (Å²) in [6, 6.07) is 15.7. The van der Waals surface area contributed by atoms with Crippen molar-refractivity contribution in [1.82, 2.24) is 5.43 Å². The van der Waals surface area contributed by atoms with Gasteiger partial charge in [0, 0.05) is 11.1 Å². The van der Waals surface area contributed by atoms with E-state index in [0.29, 0.717) is 22.2 Å². The summed E-state index contributed by atoms with van der Waals surface area (Å²) in [4.78, 5) is 12.5. The molecule has 0 atom stereocenters. The van der Waals surface area contributed by atoms with Gasteiger partial charge in [-0.1, -0.05) is 29.8 Å². The molecule has 0 fully saturated rings. The monoisotopic (exact) mass is 509 g/mol. The lowest BCUT2D eigenvalue weighted by atomic mass is 10.3. The fourth-order valence-corrected chi connectivity index (χ4v) is 4.40. The zero-order chi connectivity index (χ0) is 21.7. The number of nitrogens with zero attached hydrogens (tertiary/aromatic N) is 2. The summed E-state index contributed by atoms with van der Waals surface area (Å²) in [6.07, 6.45) is 1.33. The van der Waals surface area contributed by atoms with Crippen LogP contribution in [0.2, 0.25) is 5.02 Å². The minimum absolute atomic E-state index is 0.0622. The third-order valence-electron chi connectivity index (χ3n) is 3.99. The molecule has 0 spiro atoms. The lowest BCUT2D eigenvalue weighted by molar-refractivity contribution is -0.119. The first-order valence-electron chi connectivity index (χ1n) is 8.68. The van der Waals surface area contributed by atoms with Crippen molar-refractivity contribution in [3.8, 4) is 0 Å². The predicted octanol–water partition coefficient (Wildman–Crippen LogP) is 4.35. The molecule has 0 bridgehead atoms. The van der Waals surface area contributed by atoms with Gasteiger partial charge in [0.05, 0.1) is 21.3 Å². The molecule has 2 aromatic carbocycles. The van der Waals surface area contributed by atoms with Crippen molar-refractivity contribution in [2.24, 2.45) is 5.10 Å². The first kappa shape index (κ1) is 22.1. The van der Waals surface area contributed by atoms with Crippen LogP contribution < -0.4 is 9.73 Å². The van der Waals surface area contributed by atoms with Crippen molar-refractivity contribution < 1.29 is 17.6 Å². The zero-order valence-corrected chi connectivity index (χ0v) is 18.9. The lowest BCUT2D eigenvalue weighted by Gasteiger charge is -2.23. The number of furan rings is 1. The van der Waals surface area contributed by atoms with Crippen molar-refractivity contribution in [1.29, 1.82) is 0 Å². The number of aryl methyl sites for hydroxylation is 1. The Balaban J connectivity index is 1.82. The summed E-state index contributed by atoms with van der Waals surface area (Å²) in [5, 5.41) is 4.28. The van der Waals surface area contributed by atoms with E-state index in [1.165, 1.54) is 30.5 Å². The zero-order valence-electron chi connectivity index (χ0n) is 15.7.